The van der Waals surface area contributed by atoms with Gasteiger partial charge >= 0.3 is 5.54 Å². The van der Waals surface area contributed by atoms with Gasteiger partial charge in [-0.25, -0.2) is 0 Å². The van der Waals surface area contributed by atoms with Gasteiger partial charge in [0, 0.05) is 16.3 Å². The first-order chi connectivity index (χ1) is 10.3. The molecule has 9 nitrogen and oxygen atoms in total. The number of nitrogens with zero attached hydrogens (tertiary/aromatic N) is 3. The summed E-state index contributed by atoms with van der Waals surface area (Å²) in [6.45, 7) is 4.01. The van der Waals surface area contributed by atoms with Gasteiger partial charge in [0.05, 0.1) is 19.2 Å². The van der Waals surface area contributed by atoms with Crippen LogP contribution >= 0.6 is 0 Å². The Labute approximate surface area is 126 Å². The van der Waals surface area contributed by atoms with Crippen LogP contribution in [-0.2, 0) is 9.53 Å². The van der Waals surface area contributed by atoms with E-state index in [-0.39, 0.29) is 32.0 Å². The summed E-state index contributed by atoms with van der Waals surface area (Å²) in [5.41, 5.74) is -3.45. The van der Waals surface area contributed by atoms with Gasteiger partial charge in [-0.3, -0.25) is 29.9 Å². The Morgan fingerprint density at radius 3 is 2.55 bits per heavy atom. The number of nitro groups is 2. The van der Waals surface area contributed by atoms with E-state index < -0.39 is 38.7 Å². The van der Waals surface area contributed by atoms with Crippen LogP contribution in [0.1, 0.15) is 26.7 Å². The highest BCUT2D eigenvalue weighted by Gasteiger charge is 2.80. The number of rotatable bonds is 3. The number of piperidine rings is 1. The zero-order valence-corrected chi connectivity index (χ0v) is 12.6. The summed E-state index contributed by atoms with van der Waals surface area (Å²) in [4.78, 5) is 36.9. The number of likely N-dealkylation sites (tertiary alicyclic amines) is 1. The lowest BCUT2D eigenvalue weighted by molar-refractivity contribution is -0.653. The highest BCUT2D eigenvalue weighted by molar-refractivity contribution is 5.90. The highest BCUT2D eigenvalue weighted by Crippen LogP contribution is 2.53. The number of likely N-dealkylation sites (N-methyl/N-ethyl adjacent to an activating group) is 1. The maximum atomic E-state index is 12.5. The molecule has 1 aliphatic carbocycles. The van der Waals surface area contributed by atoms with Crippen LogP contribution in [0.4, 0.5) is 0 Å². The lowest BCUT2D eigenvalue weighted by atomic mass is 9.55. The molecule has 0 aromatic carbocycles. The minimum absolute atomic E-state index is 0.0466. The SMILES string of the molecule is CCN1CC2([N+](=O)[O-])C(=O)CC3OC(C)CC2C3([N+](=O)[O-])C1. The van der Waals surface area contributed by atoms with Crippen molar-refractivity contribution >= 4 is 5.78 Å². The average Bonchev–Trinajstić information content (AvgIpc) is 2.43. The van der Waals surface area contributed by atoms with Crippen LogP contribution in [0, 0.1) is 26.1 Å². The van der Waals surface area contributed by atoms with Crippen molar-refractivity contribution in [2.24, 2.45) is 5.92 Å². The molecular formula is C13H19N3O6. The van der Waals surface area contributed by atoms with Crippen molar-refractivity contribution in [3.63, 3.8) is 0 Å². The maximum absolute atomic E-state index is 12.5. The van der Waals surface area contributed by atoms with E-state index in [0.717, 1.165) is 0 Å². The minimum Gasteiger partial charge on any atom is -0.367 e. The van der Waals surface area contributed by atoms with E-state index in [0.29, 0.717) is 6.54 Å². The van der Waals surface area contributed by atoms with E-state index in [4.69, 9.17) is 4.74 Å². The van der Waals surface area contributed by atoms with Crippen LogP contribution < -0.4 is 0 Å². The van der Waals surface area contributed by atoms with Crippen LogP contribution in [0.2, 0.25) is 0 Å². The molecule has 2 heterocycles. The van der Waals surface area contributed by atoms with Crippen molar-refractivity contribution in [1.29, 1.82) is 0 Å². The molecule has 4 bridgehead atoms. The van der Waals surface area contributed by atoms with Gasteiger partial charge in [-0.1, -0.05) is 6.92 Å². The van der Waals surface area contributed by atoms with Crippen molar-refractivity contribution in [1.82, 2.24) is 4.90 Å². The second-order valence-corrected chi connectivity index (χ2v) is 6.58. The van der Waals surface area contributed by atoms with Gasteiger partial charge in [0.25, 0.3) is 5.54 Å². The molecule has 5 unspecified atom stereocenters. The largest absolute Gasteiger partial charge is 0.367 e. The van der Waals surface area contributed by atoms with Crippen molar-refractivity contribution in [3.8, 4) is 0 Å². The molecule has 22 heavy (non-hydrogen) atoms. The standard InChI is InChI=1S/C13H19N3O6/c1-3-14-6-12(15(18)19)9-4-8(2)22-11(5-10(12)17)13(9,7-14)16(20)21/h8-9,11H,3-7H2,1-2H3. The van der Waals surface area contributed by atoms with E-state index in [1.165, 1.54) is 0 Å². The molecule has 0 radical (unpaired) electrons. The van der Waals surface area contributed by atoms with Crippen molar-refractivity contribution in [2.75, 3.05) is 19.6 Å². The second-order valence-electron chi connectivity index (χ2n) is 6.58. The van der Waals surface area contributed by atoms with E-state index in [1.54, 1.807) is 18.7 Å². The Bertz CT molecular complexity index is 554. The Balaban J connectivity index is 2.22. The Kier molecular flexibility index (Phi) is 3.26. The van der Waals surface area contributed by atoms with E-state index in [9.17, 15) is 25.0 Å². The first kappa shape index (κ1) is 15.3. The quantitative estimate of drug-likeness (QED) is 0.536. The third-order valence-electron chi connectivity index (χ3n) is 5.61. The number of hydrogen-bond acceptors (Lipinski definition) is 7. The number of hydrogen-bond donors (Lipinski definition) is 0. The lowest BCUT2D eigenvalue weighted by Crippen LogP contribution is -2.82. The number of ketones is 1. The summed E-state index contributed by atoms with van der Waals surface area (Å²) in [5.74, 6) is -1.45. The monoisotopic (exact) mass is 313 g/mol. The van der Waals surface area contributed by atoms with E-state index in [2.05, 4.69) is 0 Å². The number of carbonyl (C=O) groups is 1. The topological polar surface area (TPSA) is 116 Å². The molecule has 3 aliphatic rings. The summed E-state index contributed by atoms with van der Waals surface area (Å²) in [6, 6.07) is 0. The zero-order chi connectivity index (χ0) is 16.3. The van der Waals surface area contributed by atoms with Crippen LogP contribution in [0.15, 0.2) is 0 Å². The molecule has 5 atom stereocenters. The van der Waals surface area contributed by atoms with E-state index >= 15 is 0 Å². The summed E-state index contributed by atoms with van der Waals surface area (Å²) in [6.07, 6.45) is -1.28. The molecule has 3 fully saturated rings. The van der Waals surface area contributed by atoms with Gasteiger partial charge in [-0.05, 0) is 19.9 Å². The first-order valence-corrected chi connectivity index (χ1v) is 7.49. The molecule has 2 aliphatic heterocycles. The number of ether oxygens (including phenoxy) is 1. The summed E-state index contributed by atoms with van der Waals surface area (Å²) >= 11 is 0. The average molecular weight is 313 g/mol. The minimum atomic E-state index is -1.88. The number of carbonyl (C=O) groups excluding carboxylic acids is 1. The summed E-state index contributed by atoms with van der Waals surface area (Å²) < 4.78 is 5.68. The predicted octanol–water partition coefficient (Wildman–Crippen LogP) is 0.119. The molecule has 1 saturated carbocycles. The van der Waals surface area contributed by atoms with Crippen LogP contribution in [0.5, 0.6) is 0 Å². The van der Waals surface area contributed by atoms with Gasteiger partial charge in [-0.15, -0.1) is 0 Å². The van der Waals surface area contributed by atoms with Gasteiger partial charge in [-0.2, -0.15) is 0 Å². The molecule has 0 amide bonds. The fraction of sp³-hybridized carbons (Fsp3) is 0.923. The third kappa shape index (κ3) is 1.63. The van der Waals surface area contributed by atoms with Crippen molar-refractivity contribution in [2.45, 2.75) is 50.0 Å². The summed E-state index contributed by atoms with van der Waals surface area (Å²) in [5, 5.41) is 23.7. The van der Waals surface area contributed by atoms with Crippen molar-refractivity contribution in [3.05, 3.63) is 20.2 Å². The fourth-order valence-electron chi connectivity index (χ4n) is 4.57. The fourth-order valence-corrected chi connectivity index (χ4v) is 4.57. The Hall–Kier alpha value is -1.61. The van der Waals surface area contributed by atoms with Gasteiger partial charge < -0.3 is 4.74 Å². The maximum Gasteiger partial charge on any atom is 0.301 e. The molecule has 0 aromatic rings. The normalized spacial score (nSPS) is 44.6. The Morgan fingerprint density at radius 1 is 1.32 bits per heavy atom. The molecular weight excluding hydrogens is 294 g/mol. The molecule has 0 aromatic heterocycles. The molecule has 3 rings (SSSR count). The highest BCUT2D eigenvalue weighted by atomic mass is 16.6. The lowest BCUT2D eigenvalue weighted by Gasteiger charge is -2.56. The van der Waals surface area contributed by atoms with Gasteiger partial charge in [0.15, 0.2) is 0 Å². The molecule has 2 saturated heterocycles. The van der Waals surface area contributed by atoms with E-state index in [1.807, 2.05) is 0 Å². The van der Waals surface area contributed by atoms with Crippen LogP contribution in [-0.4, -0.2) is 63.4 Å². The summed E-state index contributed by atoms with van der Waals surface area (Å²) in [7, 11) is 0. The first-order valence-electron chi connectivity index (χ1n) is 7.49. The van der Waals surface area contributed by atoms with Crippen LogP contribution in [0.25, 0.3) is 0 Å². The second kappa shape index (κ2) is 4.69. The van der Waals surface area contributed by atoms with Crippen LogP contribution in [0.3, 0.4) is 0 Å². The van der Waals surface area contributed by atoms with Gasteiger partial charge in [0.2, 0.25) is 5.78 Å². The zero-order valence-electron chi connectivity index (χ0n) is 12.6. The molecule has 0 spiro atoms. The predicted molar refractivity (Wildman–Crippen MR) is 73.6 cm³/mol. The molecule has 122 valence electrons. The molecule has 9 heteroatoms. The van der Waals surface area contributed by atoms with Crippen molar-refractivity contribution < 1.29 is 19.4 Å². The number of Topliss-reactive ketones (excluding diaryl/α,β-unsaturated/α-hetero) is 1. The Morgan fingerprint density at radius 2 is 2.00 bits per heavy atom. The van der Waals surface area contributed by atoms with Gasteiger partial charge in [0.1, 0.15) is 12.0 Å². The molecule has 0 N–H and O–H groups in total. The third-order valence-corrected chi connectivity index (χ3v) is 5.61. The smallest absolute Gasteiger partial charge is 0.301 e.